The van der Waals surface area contributed by atoms with E-state index in [-0.39, 0.29) is 17.9 Å². The van der Waals surface area contributed by atoms with Crippen LogP contribution >= 0.6 is 11.8 Å². The molecule has 0 fully saturated rings. The van der Waals surface area contributed by atoms with E-state index < -0.39 is 0 Å². The molecule has 0 saturated carbocycles. The first-order chi connectivity index (χ1) is 9.49. The standard InChI is InChI=1S/C13H23N5OS/c1-8(2)12-15-7-10(18-14)11(17-12)13(19)16-9(3)5-6-20-4/h7-9,18H,5-6,14H2,1-4H3,(H,16,19). The molecule has 0 bridgehead atoms. The molecule has 0 aliphatic heterocycles. The summed E-state index contributed by atoms with van der Waals surface area (Å²) in [5.74, 6) is 6.98. The maximum absolute atomic E-state index is 12.3. The van der Waals surface area contributed by atoms with E-state index >= 15 is 0 Å². The van der Waals surface area contributed by atoms with Gasteiger partial charge in [-0.2, -0.15) is 11.8 Å². The Balaban J connectivity index is 2.87. The van der Waals surface area contributed by atoms with Crippen LogP contribution in [0.25, 0.3) is 0 Å². The number of hydrazine groups is 1. The fourth-order valence-corrected chi connectivity index (χ4v) is 2.20. The molecule has 1 aromatic rings. The average Bonchev–Trinajstić information content (AvgIpc) is 2.44. The number of nitrogens with one attached hydrogen (secondary N) is 2. The Labute approximate surface area is 124 Å². The van der Waals surface area contributed by atoms with Crippen molar-refractivity contribution in [1.29, 1.82) is 0 Å². The normalized spacial score (nSPS) is 12.3. The highest BCUT2D eigenvalue weighted by atomic mass is 32.2. The van der Waals surface area contributed by atoms with Crippen molar-refractivity contribution in [3.05, 3.63) is 17.7 Å². The predicted molar refractivity (Wildman–Crippen MR) is 83.9 cm³/mol. The van der Waals surface area contributed by atoms with Gasteiger partial charge in [-0.1, -0.05) is 13.8 Å². The zero-order chi connectivity index (χ0) is 15.1. The molecule has 1 unspecified atom stereocenters. The predicted octanol–water partition coefficient (Wildman–Crippen LogP) is 1.76. The maximum Gasteiger partial charge on any atom is 0.272 e. The molecule has 0 saturated heterocycles. The lowest BCUT2D eigenvalue weighted by Gasteiger charge is -2.15. The Hall–Kier alpha value is -1.34. The summed E-state index contributed by atoms with van der Waals surface area (Å²) >= 11 is 1.76. The molecule has 0 aliphatic rings. The fourth-order valence-electron chi connectivity index (χ4n) is 1.61. The van der Waals surface area contributed by atoms with Gasteiger partial charge in [-0.05, 0) is 25.4 Å². The van der Waals surface area contributed by atoms with Crippen LogP contribution < -0.4 is 16.6 Å². The molecule has 6 nitrogen and oxygen atoms in total. The van der Waals surface area contributed by atoms with E-state index in [9.17, 15) is 4.79 Å². The topological polar surface area (TPSA) is 92.9 Å². The number of carbonyl (C=O) groups is 1. The van der Waals surface area contributed by atoms with Gasteiger partial charge in [-0.3, -0.25) is 10.6 Å². The average molecular weight is 297 g/mol. The summed E-state index contributed by atoms with van der Waals surface area (Å²) in [7, 11) is 0. The number of nitrogens with two attached hydrogens (primary N) is 1. The maximum atomic E-state index is 12.3. The van der Waals surface area contributed by atoms with Crippen LogP contribution in [0.3, 0.4) is 0 Å². The van der Waals surface area contributed by atoms with Gasteiger partial charge in [0.2, 0.25) is 0 Å². The molecule has 0 spiro atoms. The number of rotatable bonds is 7. The van der Waals surface area contributed by atoms with Gasteiger partial charge in [0.15, 0.2) is 5.69 Å². The second kappa shape index (κ2) is 8.06. The first kappa shape index (κ1) is 16.7. The molecule has 4 N–H and O–H groups in total. The summed E-state index contributed by atoms with van der Waals surface area (Å²) < 4.78 is 0. The first-order valence-electron chi connectivity index (χ1n) is 6.63. The zero-order valence-corrected chi connectivity index (χ0v) is 13.3. The van der Waals surface area contributed by atoms with Gasteiger partial charge in [0.25, 0.3) is 5.91 Å². The van der Waals surface area contributed by atoms with E-state index in [1.807, 2.05) is 27.0 Å². The largest absolute Gasteiger partial charge is 0.348 e. The zero-order valence-electron chi connectivity index (χ0n) is 12.4. The third kappa shape index (κ3) is 4.64. The Morgan fingerprint density at radius 2 is 2.15 bits per heavy atom. The van der Waals surface area contributed by atoms with Crippen LogP contribution in [0.1, 0.15) is 49.4 Å². The second-order valence-corrected chi connectivity index (χ2v) is 5.93. The molecule has 1 heterocycles. The van der Waals surface area contributed by atoms with Crippen molar-refractivity contribution in [3.63, 3.8) is 0 Å². The van der Waals surface area contributed by atoms with Crippen molar-refractivity contribution in [1.82, 2.24) is 15.3 Å². The van der Waals surface area contributed by atoms with Crippen LogP contribution in [0, 0.1) is 0 Å². The van der Waals surface area contributed by atoms with Gasteiger partial charge in [0.05, 0.1) is 11.9 Å². The number of carbonyl (C=O) groups excluding carboxylic acids is 1. The fraction of sp³-hybridized carbons (Fsp3) is 0.615. The molecule has 20 heavy (non-hydrogen) atoms. The third-order valence-electron chi connectivity index (χ3n) is 2.83. The van der Waals surface area contributed by atoms with Crippen molar-refractivity contribution in [2.45, 2.75) is 39.2 Å². The number of amides is 1. The molecule has 0 radical (unpaired) electrons. The summed E-state index contributed by atoms with van der Waals surface area (Å²) in [6, 6.07) is 0.0954. The molecular formula is C13H23N5OS. The highest BCUT2D eigenvalue weighted by Gasteiger charge is 2.17. The van der Waals surface area contributed by atoms with Crippen molar-refractivity contribution in [2.24, 2.45) is 5.84 Å². The number of nitrogens with zero attached hydrogens (tertiary/aromatic N) is 2. The monoisotopic (exact) mass is 297 g/mol. The van der Waals surface area contributed by atoms with Crippen molar-refractivity contribution < 1.29 is 4.79 Å². The van der Waals surface area contributed by atoms with Crippen LogP contribution in [0.5, 0.6) is 0 Å². The Bertz CT molecular complexity index is 452. The van der Waals surface area contributed by atoms with Gasteiger partial charge in [0.1, 0.15) is 5.82 Å². The molecule has 112 valence electrons. The van der Waals surface area contributed by atoms with Crippen LogP contribution in [-0.4, -0.2) is 33.9 Å². The Kier molecular flexibility index (Phi) is 6.74. The first-order valence-corrected chi connectivity index (χ1v) is 8.02. The number of aromatic nitrogens is 2. The molecule has 0 aliphatic carbocycles. The lowest BCUT2D eigenvalue weighted by atomic mass is 10.2. The van der Waals surface area contributed by atoms with Crippen LogP contribution in [0.15, 0.2) is 6.20 Å². The summed E-state index contributed by atoms with van der Waals surface area (Å²) in [5.41, 5.74) is 3.20. The molecule has 1 rings (SSSR count). The van der Waals surface area contributed by atoms with Crippen LogP contribution in [0.2, 0.25) is 0 Å². The van der Waals surface area contributed by atoms with E-state index in [0.29, 0.717) is 17.2 Å². The number of thioether (sulfide) groups is 1. The summed E-state index contributed by atoms with van der Waals surface area (Å²) in [6.07, 6.45) is 4.51. The smallest absolute Gasteiger partial charge is 0.272 e. The van der Waals surface area contributed by atoms with E-state index in [1.165, 1.54) is 0 Å². The van der Waals surface area contributed by atoms with Crippen molar-refractivity contribution in [3.8, 4) is 0 Å². The highest BCUT2D eigenvalue weighted by Crippen LogP contribution is 2.15. The van der Waals surface area contributed by atoms with Crippen LogP contribution in [-0.2, 0) is 0 Å². The number of nitrogen functional groups attached to an aromatic ring is 1. The number of anilines is 1. The van der Waals surface area contributed by atoms with Gasteiger partial charge >= 0.3 is 0 Å². The Morgan fingerprint density at radius 1 is 1.45 bits per heavy atom. The third-order valence-corrected chi connectivity index (χ3v) is 3.47. The minimum Gasteiger partial charge on any atom is -0.348 e. The van der Waals surface area contributed by atoms with Crippen molar-refractivity contribution in [2.75, 3.05) is 17.4 Å². The van der Waals surface area contributed by atoms with E-state index in [0.717, 1.165) is 12.2 Å². The highest BCUT2D eigenvalue weighted by molar-refractivity contribution is 7.98. The lowest BCUT2D eigenvalue weighted by Crippen LogP contribution is -2.34. The van der Waals surface area contributed by atoms with Gasteiger partial charge in [-0.25, -0.2) is 9.97 Å². The van der Waals surface area contributed by atoms with Gasteiger partial charge in [-0.15, -0.1) is 0 Å². The SMILES string of the molecule is CSCCC(C)NC(=O)c1nc(C(C)C)ncc1NN. The molecule has 7 heteroatoms. The molecule has 1 aromatic heterocycles. The second-order valence-electron chi connectivity index (χ2n) is 4.95. The minimum atomic E-state index is -0.226. The number of hydrogen-bond acceptors (Lipinski definition) is 6. The molecule has 0 aromatic carbocycles. The van der Waals surface area contributed by atoms with Crippen LogP contribution in [0.4, 0.5) is 5.69 Å². The lowest BCUT2D eigenvalue weighted by molar-refractivity contribution is 0.0935. The Morgan fingerprint density at radius 3 is 2.70 bits per heavy atom. The van der Waals surface area contributed by atoms with E-state index in [4.69, 9.17) is 5.84 Å². The molecule has 1 amide bonds. The number of hydrogen-bond donors (Lipinski definition) is 3. The van der Waals surface area contributed by atoms with E-state index in [1.54, 1.807) is 18.0 Å². The summed E-state index contributed by atoms with van der Waals surface area (Å²) in [5, 5.41) is 2.93. The van der Waals surface area contributed by atoms with Gasteiger partial charge in [0, 0.05) is 12.0 Å². The van der Waals surface area contributed by atoms with Gasteiger partial charge < -0.3 is 10.7 Å². The summed E-state index contributed by atoms with van der Waals surface area (Å²) in [4.78, 5) is 20.8. The van der Waals surface area contributed by atoms with E-state index in [2.05, 4.69) is 20.7 Å². The molecular weight excluding hydrogens is 274 g/mol. The quantitative estimate of drug-likeness (QED) is 0.524. The minimum absolute atomic E-state index is 0.0954. The molecule has 1 atom stereocenters. The van der Waals surface area contributed by atoms with Crippen molar-refractivity contribution >= 4 is 23.4 Å². The summed E-state index contributed by atoms with van der Waals surface area (Å²) in [6.45, 7) is 5.94.